The highest BCUT2D eigenvalue weighted by Crippen LogP contribution is 2.30. The molecular formula is C10H10Cl2N4O. The molecule has 0 saturated carbocycles. The topological polar surface area (TPSA) is 77.0 Å². The van der Waals surface area contributed by atoms with E-state index in [1.165, 1.54) is 0 Å². The fraction of sp³-hybridized carbons (Fsp3) is 0.200. The number of aryl methyl sites for hydroxylation is 1. The molecule has 17 heavy (non-hydrogen) atoms. The van der Waals surface area contributed by atoms with Gasteiger partial charge in [-0.1, -0.05) is 28.3 Å². The number of hydrogen-bond acceptors (Lipinski definition) is 5. The van der Waals surface area contributed by atoms with Gasteiger partial charge >= 0.3 is 6.01 Å². The third-order valence-electron chi connectivity index (χ3n) is 2.13. The number of nitrogens with two attached hydrogens (primary N) is 1. The monoisotopic (exact) mass is 272 g/mol. The van der Waals surface area contributed by atoms with Gasteiger partial charge in [0.05, 0.1) is 17.3 Å². The Morgan fingerprint density at radius 2 is 2.06 bits per heavy atom. The van der Waals surface area contributed by atoms with E-state index in [-0.39, 0.29) is 12.6 Å². The number of rotatable bonds is 3. The fourth-order valence-electron chi connectivity index (χ4n) is 1.24. The maximum absolute atomic E-state index is 6.06. The average molecular weight is 273 g/mol. The Balaban J connectivity index is 2.26. The second kappa shape index (κ2) is 4.91. The zero-order valence-electron chi connectivity index (χ0n) is 9.00. The molecule has 0 atom stereocenters. The minimum absolute atomic E-state index is 0.192. The molecule has 0 bridgehead atoms. The largest absolute Gasteiger partial charge is 0.406 e. The molecule has 0 aliphatic rings. The van der Waals surface area contributed by atoms with E-state index >= 15 is 0 Å². The van der Waals surface area contributed by atoms with Crippen molar-refractivity contribution >= 4 is 34.9 Å². The summed E-state index contributed by atoms with van der Waals surface area (Å²) in [6.07, 6.45) is 0. The van der Waals surface area contributed by atoms with Crippen LogP contribution >= 0.6 is 23.2 Å². The summed E-state index contributed by atoms with van der Waals surface area (Å²) in [7, 11) is 0. The van der Waals surface area contributed by atoms with Crippen molar-refractivity contribution in [3.63, 3.8) is 0 Å². The number of anilines is 2. The number of benzene rings is 1. The van der Waals surface area contributed by atoms with E-state index in [4.69, 9.17) is 33.4 Å². The van der Waals surface area contributed by atoms with Gasteiger partial charge in [0.15, 0.2) is 0 Å². The van der Waals surface area contributed by atoms with Crippen LogP contribution in [0.2, 0.25) is 10.0 Å². The summed E-state index contributed by atoms with van der Waals surface area (Å²) >= 11 is 12.1. The van der Waals surface area contributed by atoms with Crippen LogP contribution in [0.5, 0.6) is 0 Å². The van der Waals surface area contributed by atoms with Crippen molar-refractivity contribution in [2.45, 2.75) is 13.5 Å². The maximum atomic E-state index is 6.06. The number of hydrogen-bond donors (Lipinski definition) is 2. The predicted molar refractivity (Wildman–Crippen MR) is 66.7 cm³/mol. The third-order valence-corrected chi connectivity index (χ3v) is 2.85. The second-order valence-electron chi connectivity index (χ2n) is 3.41. The van der Waals surface area contributed by atoms with E-state index in [9.17, 15) is 0 Å². The highest BCUT2D eigenvalue weighted by atomic mass is 35.5. The van der Waals surface area contributed by atoms with Crippen LogP contribution in [0, 0.1) is 6.92 Å². The first-order valence-electron chi connectivity index (χ1n) is 4.85. The third kappa shape index (κ3) is 2.69. The first-order chi connectivity index (χ1) is 8.10. The molecular weight excluding hydrogens is 263 g/mol. The lowest BCUT2D eigenvalue weighted by Crippen LogP contribution is -1.95. The van der Waals surface area contributed by atoms with Crippen LogP contribution in [0.1, 0.15) is 11.5 Å². The van der Waals surface area contributed by atoms with Crippen molar-refractivity contribution in [3.8, 4) is 0 Å². The number of aromatic nitrogens is 2. The van der Waals surface area contributed by atoms with Gasteiger partial charge in [-0.05, 0) is 24.6 Å². The molecule has 0 saturated heterocycles. The van der Waals surface area contributed by atoms with E-state index in [0.717, 1.165) is 5.56 Å². The lowest BCUT2D eigenvalue weighted by Gasteiger charge is -2.06. The van der Waals surface area contributed by atoms with E-state index in [0.29, 0.717) is 21.6 Å². The zero-order valence-corrected chi connectivity index (χ0v) is 10.5. The van der Waals surface area contributed by atoms with Gasteiger partial charge in [0, 0.05) is 5.02 Å². The van der Waals surface area contributed by atoms with Crippen LogP contribution in [0.25, 0.3) is 0 Å². The Morgan fingerprint density at radius 3 is 2.71 bits per heavy atom. The molecule has 0 amide bonds. The first kappa shape index (κ1) is 12.2. The Hall–Kier alpha value is -1.30. The summed E-state index contributed by atoms with van der Waals surface area (Å²) < 4.78 is 5.20. The SMILES string of the molecule is Cc1cc(Cl)c(Nc2nnc(CN)o2)cc1Cl. The van der Waals surface area contributed by atoms with Gasteiger partial charge in [-0.25, -0.2) is 0 Å². The van der Waals surface area contributed by atoms with Gasteiger partial charge in [0.1, 0.15) is 0 Å². The normalized spacial score (nSPS) is 10.6. The van der Waals surface area contributed by atoms with Gasteiger partial charge < -0.3 is 15.5 Å². The van der Waals surface area contributed by atoms with Crippen molar-refractivity contribution in [1.82, 2.24) is 10.2 Å². The number of halogens is 2. The Kier molecular flexibility index (Phi) is 3.51. The molecule has 3 N–H and O–H groups in total. The van der Waals surface area contributed by atoms with Crippen LogP contribution in [-0.2, 0) is 6.54 Å². The van der Waals surface area contributed by atoms with E-state index in [1.54, 1.807) is 12.1 Å². The van der Waals surface area contributed by atoms with E-state index < -0.39 is 0 Å². The van der Waals surface area contributed by atoms with Gasteiger partial charge in [-0.3, -0.25) is 0 Å². The summed E-state index contributed by atoms with van der Waals surface area (Å²) in [5, 5.41) is 11.5. The fourth-order valence-corrected chi connectivity index (χ4v) is 1.67. The molecule has 90 valence electrons. The summed E-state index contributed by atoms with van der Waals surface area (Å²) in [5.41, 5.74) is 6.86. The lowest BCUT2D eigenvalue weighted by atomic mass is 10.2. The summed E-state index contributed by atoms with van der Waals surface area (Å²) in [4.78, 5) is 0. The Labute approximate surface area is 108 Å². The van der Waals surface area contributed by atoms with Crippen LogP contribution in [0.3, 0.4) is 0 Å². The van der Waals surface area contributed by atoms with Crippen molar-refractivity contribution in [2.24, 2.45) is 5.73 Å². The quantitative estimate of drug-likeness (QED) is 0.899. The van der Waals surface area contributed by atoms with Crippen molar-refractivity contribution in [1.29, 1.82) is 0 Å². The summed E-state index contributed by atoms with van der Waals surface area (Å²) in [6.45, 7) is 2.06. The van der Waals surface area contributed by atoms with E-state index in [2.05, 4.69) is 15.5 Å². The van der Waals surface area contributed by atoms with Crippen molar-refractivity contribution in [2.75, 3.05) is 5.32 Å². The molecule has 0 aliphatic heterocycles. The smallest absolute Gasteiger partial charge is 0.320 e. The molecule has 0 radical (unpaired) electrons. The van der Waals surface area contributed by atoms with Gasteiger partial charge in [-0.15, -0.1) is 5.10 Å². The van der Waals surface area contributed by atoms with Gasteiger partial charge in [0.25, 0.3) is 0 Å². The zero-order chi connectivity index (χ0) is 12.4. The Morgan fingerprint density at radius 1 is 1.29 bits per heavy atom. The van der Waals surface area contributed by atoms with Crippen molar-refractivity contribution < 1.29 is 4.42 Å². The summed E-state index contributed by atoms with van der Waals surface area (Å²) in [5.74, 6) is 0.349. The average Bonchev–Trinajstić information content (AvgIpc) is 2.73. The minimum atomic E-state index is 0.192. The molecule has 2 aromatic rings. The van der Waals surface area contributed by atoms with Crippen LogP contribution < -0.4 is 11.1 Å². The van der Waals surface area contributed by atoms with Gasteiger partial charge in [0.2, 0.25) is 5.89 Å². The Bertz CT molecular complexity index is 541. The molecule has 1 aromatic heterocycles. The van der Waals surface area contributed by atoms with Crippen LogP contribution in [0.15, 0.2) is 16.5 Å². The molecule has 1 heterocycles. The van der Waals surface area contributed by atoms with Crippen LogP contribution in [0.4, 0.5) is 11.7 Å². The molecule has 7 heteroatoms. The van der Waals surface area contributed by atoms with Crippen molar-refractivity contribution in [3.05, 3.63) is 33.6 Å². The van der Waals surface area contributed by atoms with E-state index in [1.807, 2.05) is 6.92 Å². The van der Waals surface area contributed by atoms with Crippen LogP contribution in [-0.4, -0.2) is 10.2 Å². The molecule has 0 aliphatic carbocycles. The highest BCUT2D eigenvalue weighted by Gasteiger charge is 2.09. The molecule has 0 spiro atoms. The number of nitrogens with zero attached hydrogens (tertiary/aromatic N) is 2. The molecule has 1 aromatic carbocycles. The number of nitrogens with one attached hydrogen (secondary N) is 1. The predicted octanol–water partition coefficient (Wildman–Crippen LogP) is 2.89. The molecule has 5 nitrogen and oxygen atoms in total. The standard InChI is InChI=1S/C10H10Cl2N4O/c1-5-2-7(12)8(3-6(5)11)14-10-16-15-9(4-13)17-10/h2-3H,4,13H2,1H3,(H,14,16). The lowest BCUT2D eigenvalue weighted by molar-refractivity contribution is 0.511. The highest BCUT2D eigenvalue weighted by molar-refractivity contribution is 6.35. The molecule has 2 rings (SSSR count). The minimum Gasteiger partial charge on any atom is -0.406 e. The molecule has 0 fully saturated rings. The van der Waals surface area contributed by atoms with Gasteiger partial charge in [-0.2, -0.15) is 0 Å². The second-order valence-corrected chi connectivity index (χ2v) is 4.23. The molecule has 0 unspecified atom stereocenters. The maximum Gasteiger partial charge on any atom is 0.320 e. The summed E-state index contributed by atoms with van der Waals surface area (Å²) in [6, 6.07) is 3.69. The first-order valence-corrected chi connectivity index (χ1v) is 5.61.